The summed E-state index contributed by atoms with van der Waals surface area (Å²) in [5.74, 6) is -0.344. The summed E-state index contributed by atoms with van der Waals surface area (Å²) in [5, 5.41) is 1.13. The molecule has 0 N–H and O–H groups in total. The highest BCUT2D eigenvalue weighted by atomic mass is 28.4. The molecule has 140 valence electrons. The molecule has 0 heterocycles. The first-order valence-electron chi connectivity index (χ1n) is 9.15. The maximum absolute atomic E-state index is 11.7. The molecule has 0 bridgehead atoms. The molecule has 1 unspecified atom stereocenters. The highest BCUT2D eigenvalue weighted by molar-refractivity contribution is 6.81. The van der Waals surface area contributed by atoms with Crippen LogP contribution in [-0.2, 0) is 18.4 Å². The van der Waals surface area contributed by atoms with Gasteiger partial charge in [0.1, 0.15) is 0 Å². The minimum absolute atomic E-state index is 0.199. The summed E-state index contributed by atoms with van der Waals surface area (Å²) in [6.45, 7) is 12.7. The van der Waals surface area contributed by atoms with Crippen LogP contribution in [0.3, 0.4) is 0 Å². The first-order valence-corrected chi connectivity index (χ1v) is 11.2. The lowest BCUT2D eigenvalue weighted by Gasteiger charge is -2.32. The zero-order valence-corrected chi connectivity index (χ0v) is 17.0. The van der Waals surface area contributed by atoms with Gasteiger partial charge in [-0.05, 0) is 44.3 Å². The molecule has 0 radical (unpaired) electrons. The minimum Gasteiger partial charge on any atom is -0.459 e. The van der Waals surface area contributed by atoms with Gasteiger partial charge in [-0.15, -0.1) is 0 Å². The molecule has 0 saturated carbocycles. The Hall–Kier alpha value is -1.43. The Balaban J connectivity index is 2.91. The number of hydrogen-bond donors (Lipinski definition) is 0. The molecule has 0 fully saturated rings. The van der Waals surface area contributed by atoms with Gasteiger partial charge in [-0.1, -0.05) is 50.8 Å². The van der Waals surface area contributed by atoms with Gasteiger partial charge in [0.25, 0.3) is 0 Å². The van der Waals surface area contributed by atoms with Crippen LogP contribution in [0.5, 0.6) is 0 Å². The molecule has 0 amide bonds. The Morgan fingerprint density at radius 2 is 1.68 bits per heavy atom. The van der Waals surface area contributed by atoms with Crippen molar-refractivity contribution in [3.8, 4) is 0 Å². The summed E-state index contributed by atoms with van der Waals surface area (Å²) in [5.41, 5.74) is 0.419. The molecule has 0 aliphatic heterocycles. The molecular weight excluding hydrogens is 332 g/mol. The van der Waals surface area contributed by atoms with E-state index in [2.05, 4.69) is 32.6 Å². The largest absolute Gasteiger partial charge is 0.459 e. The summed E-state index contributed by atoms with van der Waals surface area (Å²) < 4.78 is 18.1. The molecule has 0 aliphatic rings. The fourth-order valence-corrected chi connectivity index (χ4v) is 6.01. The molecule has 4 nitrogen and oxygen atoms in total. The lowest BCUT2D eigenvalue weighted by Crippen LogP contribution is -2.54. The van der Waals surface area contributed by atoms with Crippen LogP contribution in [0, 0.1) is 0 Å². The standard InChI is InChI=1S/C20H32O4Si/c1-6-14-22-25(23-15-7-2,19-11-9-8-10-12-19)16-13-18(5)24-20(21)17(3)4/h8-12,18H,3,6-7,13-16H2,1-2,4-5H3. The highest BCUT2D eigenvalue weighted by Crippen LogP contribution is 2.20. The van der Waals surface area contributed by atoms with E-state index in [1.165, 1.54) is 0 Å². The average molecular weight is 365 g/mol. The van der Waals surface area contributed by atoms with E-state index in [0.29, 0.717) is 25.2 Å². The third-order valence-electron chi connectivity index (χ3n) is 3.83. The number of esters is 1. The fraction of sp³-hybridized carbons (Fsp3) is 0.550. The quantitative estimate of drug-likeness (QED) is 0.318. The second kappa shape index (κ2) is 11.2. The average Bonchev–Trinajstić information content (AvgIpc) is 2.62. The maximum atomic E-state index is 11.7. The van der Waals surface area contributed by atoms with Crippen molar-refractivity contribution in [2.45, 2.75) is 59.1 Å². The van der Waals surface area contributed by atoms with E-state index in [1.54, 1.807) is 6.92 Å². The van der Waals surface area contributed by atoms with Crippen LogP contribution in [0.2, 0.25) is 6.04 Å². The second-order valence-corrected chi connectivity index (χ2v) is 9.51. The van der Waals surface area contributed by atoms with Crippen LogP contribution in [0.4, 0.5) is 0 Å². The van der Waals surface area contributed by atoms with Gasteiger partial charge in [-0.2, -0.15) is 0 Å². The normalized spacial score (nSPS) is 12.6. The number of benzene rings is 1. The van der Waals surface area contributed by atoms with Gasteiger partial charge in [0, 0.05) is 18.8 Å². The van der Waals surface area contributed by atoms with Crippen molar-refractivity contribution in [3.63, 3.8) is 0 Å². The number of carbonyl (C=O) groups excluding carboxylic acids is 1. The monoisotopic (exact) mass is 364 g/mol. The Morgan fingerprint density at radius 3 is 2.16 bits per heavy atom. The van der Waals surface area contributed by atoms with Crippen molar-refractivity contribution in [1.29, 1.82) is 0 Å². The van der Waals surface area contributed by atoms with Crippen molar-refractivity contribution in [2.24, 2.45) is 0 Å². The second-order valence-electron chi connectivity index (χ2n) is 6.35. The van der Waals surface area contributed by atoms with E-state index in [9.17, 15) is 4.79 Å². The summed E-state index contributed by atoms with van der Waals surface area (Å²) in [4.78, 5) is 11.7. The molecule has 5 heteroatoms. The van der Waals surface area contributed by atoms with Crippen molar-refractivity contribution in [2.75, 3.05) is 13.2 Å². The first kappa shape index (κ1) is 21.6. The number of rotatable bonds is 12. The van der Waals surface area contributed by atoms with E-state index in [-0.39, 0.29) is 12.1 Å². The molecule has 0 aromatic heterocycles. The molecule has 0 aliphatic carbocycles. The predicted octanol–water partition coefficient (Wildman–Crippen LogP) is 4.09. The Labute approximate surface area is 153 Å². The highest BCUT2D eigenvalue weighted by Gasteiger charge is 2.40. The number of ether oxygens (including phenoxy) is 1. The van der Waals surface area contributed by atoms with Gasteiger partial charge in [0.2, 0.25) is 0 Å². The van der Waals surface area contributed by atoms with E-state index >= 15 is 0 Å². The van der Waals surface area contributed by atoms with Gasteiger partial charge < -0.3 is 13.6 Å². The molecular formula is C20H32O4Si. The minimum atomic E-state index is -2.57. The molecule has 25 heavy (non-hydrogen) atoms. The zero-order valence-electron chi connectivity index (χ0n) is 16.0. The molecule has 1 rings (SSSR count). The van der Waals surface area contributed by atoms with Crippen LogP contribution in [-0.4, -0.2) is 33.8 Å². The first-order chi connectivity index (χ1) is 11.9. The lowest BCUT2D eigenvalue weighted by molar-refractivity contribution is -0.143. The van der Waals surface area contributed by atoms with Gasteiger partial charge in [-0.3, -0.25) is 0 Å². The summed E-state index contributed by atoms with van der Waals surface area (Å²) in [6.07, 6.45) is 2.39. The Bertz CT molecular complexity index is 522. The van der Waals surface area contributed by atoms with Crippen LogP contribution in [0.1, 0.15) is 47.0 Å². The molecule has 0 saturated heterocycles. The maximum Gasteiger partial charge on any atom is 0.372 e. The third-order valence-corrected chi connectivity index (χ3v) is 7.33. The van der Waals surface area contributed by atoms with E-state index in [0.717, 1.165) is 24.1 Å². The summed E-state index contributed by atoms with van der Waals surface area (Å²) in [7, 11) is -2.57. The van der Waals surface area contributed by atoms with Crippen LogP contribution >= 0.6 is 0 Å². The molecule has 1 aromatic rings. The SMILES string of the molecule is C=C(C)C(=O)OC(C)CC[Si](OCCC)(OCCC)c1ccccc1. The number of hydrogen-bond acceptors (Lipinski definition) is 4. The van der Waals surface area contributed by atoms with E-state index in [1.807, 2.05) is 25.1 Å². The van der Waals surface area contributed by atoms with Gasteiger partial charge in [0.05, 0.1) is 6.10 Å². The van der Waals surface area contributed by atoms with Crippen LogP contribution in [0.25, 0.3) is 0 Å². The van der Waals surface area contributed by atoms with E-state index < -0.39 is 8.56 Å². The van der Waals surface area contributed by atoms with Gasteiger partial charge in [-0.25, -0.2) is 4.79 Å². The Kier molecular flexibility index (Phi) is 9.71. The predicted molar refractivity (Wildman–Crippen MR) is 104 cm³/mol. The van der Waals surface area contributed by atoms with Crippen molar-refractivity contribution in [1.82, 2.24) is 0 Å². The smallest absolute Gasteiger partial charge is 0.372 e. The van der Waals surface area contributed by atoms with Crippen LogP contribution in [0.15, 0.2) is 42.5 Å². The molecule has 1 aromatic carbocycles. The van der Waals surface area contributed by atoms with Gasteiger partial charge >= 0.3 is 14.5 Å². The zero-order chi connectivity index (χ0) is 18.7. The summed E-state index contributed by atoms with van der Waals surface area (Å²) in [6, 6.07) is 11.0. The van der Waals surface area contributed by atoms with Crippen molar-refractivity contribution < 1.29 is 18.4 Å². The van der Waals surface area contributed by atoms with Gasteiger partial charge in [0.15, 0.2) is 0 Å². The topological polar surface area (TPSA) is 44.8 Å². The third kappa shape index (κ3) is 7.14. The Morgan fingerprint density at radius 1 is 1.12 bits per heavy atom. The number of carbonyl (C=O) groups is 1. The molecule has 0 spiro atoms. The lowest BCUT2D eigenvalue weighted by atomic mass is 10.3. The summed E-state index contributed by atoms with van der Waals surface area (Å²) >= 11 is 0. The van der Waals surface area contributed by atoms with Crippen LogP contribution < -0.4 is 5.19 Å². The van der Waals surface area contributed by atoms with E-state index in [4.69, 9.17) is 13.6 Å². The molecule has 1 atom stereocenters. The van der Waals surface area contributed by atoms with Crippen molar-refractivity contribution in [3.05, 3.63) is 42.5 Å². The van der Waals surface area contributed by atoms with Crippen molar-refractivity contribution >= 4 is 19.7 Å². The fourth-order valence-electron chi connectivity index (χ4n) is 2.46.